The molecule has 0 aliphatic rings. The summed E-state index contributed by atoms with van der Waals surface area (Å²) in [6.07, 6.45) is 12.5. The van der Waals surface area contributed by atoms with Crippen molar-refractivity contribution in [3.63, 3.8) is 0 Å². The molecular weight excluding hydrogens is 312 g/mol. The van der Waals surface area contributed by atoms with Crippen LogP contribution in [0.1, 0.15) is 11.1 Å². The zero-order valence-corrected chi connectivity index (χ0v) is 14.5. The van der Waals surface area contributed by atoms with Crippen LogP contribution in [0.4, 0.5) is 0 Å². The van der Waals surface area contributed by atoms with E-state index in [9.17, 15) is 0 Å². The van der Waals surface area contributed by atoms with Gasteiger partial charge >= 0.3 is 0 Å². The predicted molar refractivity (Wildman–Crippen MR) is 115 cm³/mol. The molecule has 4 aromatic carbocycles. The van der Waals surface area contributed by atoms with Gasteiger partial charge in [0.05, 0.1) is 0 Å². The van der Waals surface area contributed by atoms with E-state index in [1.165, 1.54) is 32.7 Å². The second kappa shape index (κ2) is 7.67. The molecule has 4 rings (SSSR count). The lowest BCUT2D eigenvalue weighted by atomic mass is 10.00. The fraction of sp³-hybridized carbons (Fsp3) is 0. The van der Waals surface area contributed by atoms with Crippen molar-refractivity contribution < 1.29 is 0 Å². The number of rotatable bonds is 4. The Morgan fingerprint density at radius 3 is 1.85 bits per heavy atom. The molecule has 0 aliphatic heterocycles. The van der Waals surface area contributed by atoms with Crippen molar-refractivity contribution in [2.75, 3.05) is 0 Å². The van der Waals surface area contributed by atoms with E-state index in [-0.39, 0.29) is 0 Å². The minimum atomic E-state index is 1.21. The van der Waals surface area contributed by atoms with E-state index in [0.717, 1.165) is 0 Å². The van der Waals surface area contributed by atoms with Crippen LogP contribution in [0.15, 0.2) is 109 Å². The maximum absolute atomic E-state index is 2.27. The minimum absolute atomic E-state index is 1.21. The maximum Gasteiger partial charge on any atom is -0.00995 e. The third-order valence-corrected chi connectivity index (χ3v) is 4.48. The molecule has 0 aromatic heterocycles. The van der Waals surface area contributed by atoms with E-state index in [1.807, 2.05) is 18.2 Å². The van der Waals surface area contributed by atoms with Crippen LogP contribution in [0.5, 0.6) is 0 Å². The molecule has 0 spiro atoms. The normalized spacial score (nSPS) is 12.2. The molecule has 26 heavy (non-hydrogen) atoms. The molecule has 0 heteroatoms. The van der Waals surface area contributed by atoms with Gasteiger partial charge in [-0.1, -0.05) is 115 Å². The van der Waals surface area contributed by atoms with E-state index in [0.29, 0.717) is 0 Å². The maximum atomic E-state index is 2.27. The van der Waals surface area contributed by atoms with E-state index < -0.39 is 0 Å². The summed E-state index contributed by atoms with van der Waals surface area (Å²) in [6.45, 7) is 0. The first-order chi connectivity index (χ1) is 12.9. The Hall–Kier alpha value is -3.38. The van der Waals surface area contributed by atoms with Crippen LogP contribution in [0.2, 0.25) is 0 Å². The molecule has 0 amide bonds. The first-order valence-corrected chi connectivity index (χ1v) is 8.88. The second-order valence-electron chi connectivity index (χ2n) is 6.28. The quantitative estimate of drug-likeness (QED) is 0.272. The summed E-state index contributed by atoms with van der Waals surface area (Å²) in [6, 6.07) is 29.9. The van der Waals surface area contributed by atoms with E-state index in [4.69, 9.17) is 0 Å². The Bertz CT molecular complexity index is 1110. The van der Waals surface area contributed by atoms with Gasteiger partial charge in [-0.3, -0.25) is 0 Å². The van der Waals surface area contributed by atoms with Crippen LogP contribution in [0.3, 0.4) is 0 Å². The summed E-state index contributed by atoms with van der Waals surface area (Å²) in [5.41, 5.74) is 2.42. The van der Waals surface area contributed by atoms with Crippen LogP contribution in [-0.2, 0) is 0 Å². The Balaban J connectivity index is 1.53. The van der Waals surface area contributed by atoms with Crippen LogP contribution < -0.4 is 0 Å². The smallest absolute Gasteiger partial charge is 0.00995 e. The van der Waals surface area contributed by atoms with Crippen molar-refractivity contribution in [1.82, 2.24) is 0 Å². The van der Waals surface area contributed by atoms with Crippen molar-refractivity contribution in [2.24, 2.45) is 0 Å². The monoisotopic (exact) mass is 332 g/mol. The highest BCUT2D eigenvalue weighted by Crippen LogP contribution is 2.26. The average molecular weight is 332 g/mol. The van der Waals surface area contributed by atoms with Gasteiger partial charge in [-0.2, -0.15) is 0 Å². The molecular formula is C26H20. The van der Waals surface area contributed by atoms with Gasteiger partial charge in [0.2, 0.25) is 0 Å². The molecule has 0 aliphatic carbocycles. The third kappa shape index (κ3) is 3.65. The molecule has 0 bridgehead atoms. The van der Waals surface area contributed by atoms with Crippen LogP contribution in [0, 0.1) is 0 Å². The van der Waals surface area contributed by atoms with E-state index in [1.54, 1.807) is 0 Å². The highest BCUT2D eigenvalue weighted by atomic mass is 14.0. The summed E-state index contributed by atoms with van der Waals surface area (Å²) in [5, 5.41) is 5.18. The zero-order chi connectivity index (χ0) is 17.6. The van der Waals surface area contributed by atoms with Gasteiger partial charge in [-0.15, -0.1) is 0 Å². The highest BCUT2D eigenvalue weighted by Gasteiger charge is 2.00. The zero-order valence-electron chi connectivity index (χ0n) is 14.5. The molecule has 0 saturated carbocycles. The molecule has 4 aromatic rings. The molecule has 0 nitrogen and oxygen atoms in total. The first kappa shape index (κ1) is 16.1. The van der Waals surface area contributed by atoms with E-state index in [2.05, 4.69) is 103 Å². The largest absolute Gasteiger partial charge is 0.0622 e. The molecule has 0 saturated heterocycles. The molecule has 0 unspecified atom stereocenters. The van der Waals surface area contributed by atoms with Crippen molar-refractivity contribution in [2.45, 2.75) is 0 Å². The Morgan fingerprint density at radius 1 is 0.423 bits per heavy atom. The third-order valence-electron chi connectivity index (χ3n) is 4.48. The fourth-order valence-corrected chi connectivity index (χ4v) is 3.15. The second-order valence-corrected chi connectivity index (χ2v) is 6.28. The fourth-order valence-electron chi connectivity index (χ4n) is 3.15. The molecule has 124 valence electrons. The number of benzene rings is 4. The summed E-state index contributed by atoms with van der Waals surface area (Å²) in [5.74, 6) is 0. The molecule has 0 fully saturated rings. The standard InChI is InChI=1S/C26H20/c1(4-10-21-11-6-3-7-12-21)2-5-13-22-16-17-24-19-18-23-14-8-9-15-25(23)26(24)20-22/h1-20H/b2-1+,10-4+,13-5+. The van der Waals surface area contributed by atoms with Gasteiger partial charge in [0, 0.05) is 0 Å². The van der Waals surface area contributed by atoms with Crippen molar-refractivity contribution >= 4 is 33.7 Å². The Kier molecular flexibility index (Phi) is 4.75. The molecule has 0 radical (unpaired) electrons. The van der Waals surface area contributed by atoms with E-state index >= 15 is 0 Å². The molecule has 0 atom stereocenters. The Labute approximate surface area is 154 Å². The summed E-state index contributed by atoms with van der Waals surface area (Å²) in [7, 11) is 0. The van der Waals surface area contributed by atoms with Gasteiger partial charge in [0.25, 0.3) is 0 Å². The summed E-state index contributed by atoms with van der Waals surface area (Å²) in [4.78, 5) is 0. The lowest BCUT2D eigenvalue weighted by Crippen LogP contribution is -1.79. The number of hydrogen-bond acceptors (Lipinski definition) is 0. The topological polar surface area (TPSA) is 0 Å². The lowest BCUT2D eigenvalue weighted by molar-refractivity contribution is 1.66. The molecule has 0 N–H and O–H groups in total. The lowest BCUT2D eigenvalue weighted by Gasteiger charge is -2.04. The van der Waals surface area contributed by atoms with Crippen LogP contribution in [0.25, 0.3) is 33.7 Å². The average Bonchev–Trinajstić information content (AvgIpc) is 2.71. The number of allylic oxidation sites excluding steroid dienone is 4. The Morgan fingerprint density at radius 2 is 1.04 bits per heavy atom. The van der Waals surface area contributed by atoms with Crippen LogP contribution >= 0.6 is 0 Å². The summed E-state index contributed by atoms with van der Waals surface area (Å²) >= 11 is 0. The number of fused-ring (bicyclic) bond motifs is 3. The SMILES string of the molecule is C(=C\C=C\c1ccc2ccc3ccccc3c2c1)/C=C/c1ccccc1. The number of hydrogen-bond donors (Lipinski definition) is 0. The van der Waals surface area contributed by atoms with Crippen molar-refractivity contribution in [3.8, 4) is 0 Å². The molecule has 0 heterocycles. The van der Waals surface area contributed by atoms with Gasteiger partial charge in [0.1, 0.15) is 0 Å². The summed E-state index contributed by atoms with van der Waals surface area (Å²) < 4.78 is 0. The van der Waals surface area contributed by atoms with Crippen molar-refractivity contribution in [3.05, 3.63) is 120 Å². The predicted octanol–water partition coefficient (Wildman–Crippen LogP) is 7.28. The van der Waals surface area contributed by atoms with Gasteiger partial charge in [-0.05, 0) is 38.7 Å². The first-order valence-electron chi connectivity index (χ1n) is 8.88. The van der Waals surface area contributed by atoms with Crippen LogP contribution in [-0.4, -0.2) is 0 Å². The highest BCUT2D eigenvalue weighted by molar-refractivity contribution is 6.07. The van der Waals surface area contributed by atoms with Gasteiger partial charge < -0.3 is 0 Å². The van der Waals surface area contributed by atoms with Gasteiger partial charge in [0.15, 0.2) is 0 Å². The van der Waals surface area contributed by atoms with Crippen molar-refractivity contribution in [1.29, 1.82) is 0 Å². The van der Waals surface area contributed by atoms with Gasteiger partial charge in [-0.25, -0.2) is 0 Å². The minimum Gasteiger partial charge on any atom is -0.0622 e.